The van der Waals surface area contributed by atoms with Gasteiger partial charge in [0.1, 0.15) is 17.6 Å². The smallest absolute Gasteiger partial charge is 0.282 e. The number of amides is 1. The molecule has 272 valence electrons. The number of benzene rings is 2. The van der Waals surface area contributed by atoms with Gasteiger partial charge in [0.15, 0.2) is 11.0 Å². The number of ketones is 1. The van der Waals surface area contributed by atoms with Gasteiger partial charge in [0.25, 0.3) is 5.82 Å². The van der Waals surface area contributed by atoms with Crippen LogP contribution in [-0.4, -0.2) is 48.5 Å². The molecule has 8 nitrogen and oxygen atoms in total. The maximum Gasteiger partial charge on any atom is 0.282 e. The number of Topliss-reactive ketones (excluding diaryl/α,β-unsaturated/α-hetero) is 1. The predicted octanol–water partition coefficient (Wildman–Crippen LogP) is 9.20. The Morgan fingerprint density at radius 2 is 1.54 bits per heavy atom. The van der Waals surface area contributed by atoms with Gasteiger partial charge in [-0.05, 0) is 72.2 Å². The molecule has 50 heavy (non-hydrogen) atoms. The highest BCUT2D eigenvalue weighted by Crippen LogP contribution is 2.47. The summed E-state index contributed by atoms with van der Waals surface area (Å²) in [5, 5.41) is 8.26. The summed E-state index contributed by atoms with van der Waals surface area (Å²) in [5.41, 5.74) is 3.80. The molecule has 0 aliphatic carbocycles. The Morgan fingerprint density at radius 1 is 0.860 bits per heavy atom. The highest BCUT2D eigenvalue weighted by Gasteiger charge is 2.38. The fourth-order valence-corrected chi connectivity index (χ4v) is 7.49. The maximum absolute atomic E-state index is 14.1. The summed E-state index contributed by atoms with van der Waals surface area (Å²) < 4.78 is 4.45. The van der Waals surface area contributed by atoms with Gasteiger partial charge in [-0.15, -0.1) is 0 Å². The van der Waals surface area contributed by atoms with Crippen LogP contribution in [0.5, 0.6) is 0 Å². The zero-order chi connectivity index (χ0) is 36.5. The van der Waals surface area contributed by atoms with Crippen LogP contribution < -0.4 is 25.0 Å². The molecule has 0 bridgehead atoms. The minimum absolute atomic E-state index is 0.0242. The zero-order valence-electron chi connectivity index (χ0n) is 30.1. The number of nitrogens with zero attached hydrogens (tertiary/aromatic N) is 4. The molecule has 2 N–H and O–H groups in total. The van der Waals surface area contributed by atoms with E-state index in [0.717, 1.165) is 85.7 Å². The summed E-state index contributed by atoms with van der Waals surface area (Å²) in [7, 11) is 1.82. The largest absolute Gasteiger partial charge is 0.354 e. The monoisotopic (exact) mass is 763 g/mol. The van der Waals surface area contributed by atoms with Crippen molar-refractivity contribution in [3.05, 3.63) is 68.2 Å². The average Bonchev–Trinajstić information content (AvgIpc) is 3.54. The van der Waals surface area contributed by atoms with Crippen molar-refractivity contribution in [2.45, 2.75) is 105 Å². The number of halogens is 4. The van der Waals surface area contributed by atoms with Gasteiger partial charge in [0.05, 0.1) is 50.6 Å². The molecule has 1 aromatic heterocycles. The van der Waals surface area contributed by atoms with E-state index in [9.17, 15) is 9.59 Å². The second-order valence-corrected chi connectivity index (χ2v) is 14.2. The summed E-state index contributed by atoms with van der Waals surface area (Å²) in [6.45, 7) is 12.8. The fourth-order valence-electron chi connectivity index (χ4n) is 6.86. The molecule has 2 heterocycles. The van der Waals surface area contributed by atoms with E-state index in [2.05, 4.69) is 69.4 Å². The molecule has 0 radical (unpaired) electrons. The average molecular weight is 766 g/mol. The lowest BCUT2D eigenvalue weighted by Gasteiger charge is -2.31. The number of allylic oxidation sites excluding steroid dienone is 2. The number of aromatic nitrogens is 2. The summed E-state index contributed by atoms with van der Waals surface area (Å²) in [6, 6.07) is 7.04. The molecule has 1 aliphatic rings. The van der Waals surface area contributed by atoms with Crippen molar-refractivity contribution in [1.29, 1.82) is 0 Å². The number of anilines is 2. The van der Waals surface area contributed by atoms with Crippen molar-refractivity contribution in [2.75, 3.05) is 29.9 Å². The van der Waals surface area contributed by atoms with Crippen molar-refractivity contribution in [3.63, 3.8) is 0 Å². The van der Waals surface area contributed by atoms with E-state index in [1.165, 1.54) is 0 Å². The van der Waals surface area contributed by atoms with Crippen LogP contribution in [0.2, 0.25) is 20.1 Å². The first-order valence-electron chi connectivity index (χ1n) is 17.8. The number of imidazole rings is 1. The molecular formula is C38H51Cl4N6O2+. The van der Waals surface area contributed by atoms with Gasteiger partial charge in [-0.2, -0.15) is 0 Å². The third kappa shape index (κ3) is 8.82. The lowest BCUT2D eigenvalue weighted by Crippen LogP contribution is -2.47. The molecule has 1 aliphatic heterocycles. The molecule has 0 saturated carbocycles. The molecule has 4 rings (SSSR count). The van der Waals surface area contributed by atoms with E-state index in [-0.39, 0.29) is 17.7 Å². The molecule has 2 atom stereocenters. The zero-order valence-corrected chi connectivity index (χ0v) is 33.1. The lowest BCUT2D eigenvalue weighted by atomic mass is 10.0. The Morgan fingerprint density at radius 3 is 2.16 bits per heavy atom. The number of unbranched alkanes of at least 4 members (excludes halogenated alkanes) is 3. The summed E-state index contributed by atoms with van der Waals surface area (Å²) in [4.78, 5) is 30.1. The highest BCUT2D eigenvalue weighted by molar-refractivity contribution is 6.43. The predicted molar refractivity (Wildman–Crippen MR) is 211 cm³/mol. The molecule has 0 saturated heterocycles. The molecule has 0 spiro atoms. The SMILES string of the molecule is CCCCC(C(=O)NCCCCCC(NC)C(C)=O)N1C(=CC=Cc2n(CC)c3cc(Cl)c(Cl)cc3[n+]2CC)N(CC)c2cc(Cl)c(Cl)cc21. The Labute approximate surface area is 317 Å². The first-order valence-corrected chi connectivity index (χ1v) is 19.3. The summed E-state index contributed by atoms with van der Waals surface area (Å²) >= 11 is 26.1. The van der Waals surface area contributed by atoms with E-state index in [1.807, 2.05) is 37.4 Å². The van der Waals surface area contributed by atoms with Crippen LogP contribution in [-0.2, 0) is 22.7 Å². The van der Waals surface area contributed by atoms with Gasteiger partial charge in [0.2, 0.25) is 5.91 Å². The second kappa shape index (κ2) is 18.7. The van der Waals surface area contributed by atoms with Gasteiger partial charge in [-0.25, -0.2) is 9.13 Å². The van der Waals surface area contributed by atoms with E-state index in [0.29, 0.717) is 39.6 Å². The van der Waals surface area contributed by atoms with Gasteiger partial charge in [-0.1, -0.05) is 85.1 Å². The number of hydrogen-bond acceptors (Lipinski definition) is 5. The molecule has 12 heteroatoms. The Balaban J connectivity index is 1.69. The molecular weight excluding hydrogens is 714 g/mol. The Hall–Kier alpha value is -2.75. The molecule has 1 amide bonds. The number of likely N-dealkylation sites (N-methyl/N-ethyl adjacent to an activating group) is 1. The Kier molecular flexibility index (Phi) is 14.9. The van der Waals surface area contributed by atoms with Crippen molar-refractivity contribution in [2.24, 2.45) is 0 Å². The van der Waals surface area contributed by atoms with Crippen LogP contribution >= 0.6 is 46.4 Å². The minimum Gasteiger partial charge on any atom is -0.354 e. The van der Waals surface area contributed by atoms with Crippen LogP contribution in [0.25, 0.3) is 17.1 Å². The van der Waals surface area contributed by atoms with E-state index in [1.54, 1.807) is 6.92 Å². The van der Waals surface area contributed by atoms with Gasteiger partial charge < -0.3 is 20.4 Å². The number of hydrogen-bond donors (Lipinski definition) is 2. The standard InChI is InChI=1S/C38H50Cl4N6O2/c1-7-11-17-31(38(50)44-20-14-12-13-16-30(43-6)25(5)49)48-35-24-29(42)28(41)23-34(35)47(10-4)37(48)19-15-18-36-45(8-2)32-21-26(39)27(40)22-33(32)46(36)9-3/h15,18-19,21-24,30-31,43H,7-14,16-17,20H2,1-6H3/p+1. The maximum atomic E-state index is 14.1. The van der Waals surface area contributed by atoms with Crippen molar-refractivity contribution in [3.8, 4) is 0 Å². The van der Waals surface area contributed by atoms with Crippen LogP contribution in [0.1, 0.15) is 85.4 Å². The van der Waals surface area contributed by atoms with Gasteiger partial charge in [0, 0.05) is 31.3 Å². The number of carbonyl (C=O) groups excluding carboxylic acids is 2. The van der Waals surface area contributed by atoms with Gasteiger partial charge in [-0.3, -0.25) is 9.59 Å². The number of fused-ring (bicyclic) bond motifs is 2. The van der Waals surface area contributed by atoms with Crippen molar-refractivity contribution < 1.29 is 14.2 Å². The number of carbonyl (C=O) groups is 2. The summed E-state index contributed by atoms with van der Waals surface area (Å²) in [5.74, 6) is 2.02. The van der Waals surface area contributed by atoms with Crippen LogP contribution in [0.15, 0.2) is 42.2 Å². The second-order valence-electron chi connectivity index (χ2n) is 12.6. The minimum atomic E-state index is -0.458. The Bertz CT molecular complexity index is 1690. The quantitative estimate of drug-likeness (QED) is 0.0999. The molecule has 0 fully saturated rings. The van der Waals surface area contributed by atoms with E-state index in [4.69, 9.17) is 46.4 Å². The molecule has 2 unspecified atom stereocenters. The molecule has 2 aromatic carbocycles. The summed E-state index contributed by atoms with van der Waals surface area (Å²) in [6.07, 6.45) is 12.2. The number of aryl methyl sites for hydroxylation is 2. The first kappa shape index (κ1) is 40.0. The van der Waals surface area contributed by atoms with E-state index < -0.39 is 6.04 Å². The normalized spacial score (nSPS) is 15.0. The number of rotatable bonds is 18. The van der Waals surface area contributed by atoms with E-state index >= 15 is 0 Å². The first-order chi connectivity index (χ1) is 24.0. The van der Waals surface area contributed by atoms with Crippen LogP contribution in [0.3, 0.4) is 0 Å². The van der Waals surface area contributed by atoms with Crippen LogP contribution in [0, 0.1) is 0 Å². The van der Waals surface area contributed by atoms with Crippen LogP contribution in [0.4, 0.5) is 11.4 Å². The highest BCUT2D eigenvalue weighted by atomic mass is 35.5. The molecule has 3 aromatic rings. The number of nitrogens with one attached hydrogen (secondary N) is 2. The third-order valence-corrected chi connectivity index (χ3v) is 10.9. The topological polar surface area (TPSA) is 73.5 Å². The van der Waals surface area contributed by atoms with Gasteiger partial charge >= 0.3 is 0 Å². The van der Waals surface area contributed by atoms with Crippen molar-refractivity contribution in [1.82, 2.24) is 15.2 Å². The van der Waals surface area contributed by atoms with Crippen molar-refractivity contribution >= 4 is 86.6 Å². The lowest BCUT2D eigenvalue weighted by molar-refractivity contribution is -0.670. The fraction of sp³-hybridized carbons (Fsp3) is 0.500. The third-order valence-electron chi connectivity index (χ3n) is 9.44.